The Morgan fingerprint density at radius 1 is 1.16 bits per heavy atom. The number of H-pyrrole nitrogens is 2. The molecule has 168 valence electrons. The third-order valence-electron chi connectivity index (χ3n) is 6.47. The lowest BCUT2D eigenvalue weighted by Crippen LogP contribution is -2.39. The highest BCUT2D eigenvalue weighted by Crippen LogP contribution is 2.24. The normalized spacial score (nSPS) is 17.5. The molecule has 2 aromatic heterocycles. The first kappa shape index (κ1) is 20.8. The van der Waals surface area contributed by atoms with Crippen LogP contribution in [0.1, 0.15) is 42.4 Å². The Hall–Kier alpha value is -3.04. The molecule has 0 spiro atoms. The van der Waals surface area contributed by atoms with Crippen molar-refractivity contribution >= 4 is 16.8 Å². The van der Waals surface area contributed by atoms with Gasteiger partial charge in [-0.15, -0.1) is 0 Å². The van der Waals surface area contributed by atoms with Gasteiger partial charge in [0.25, 0.3) is 5.56 Å². The van der Waals surface area contributed by atoms with Crippen LogP contribution in [0.2, 0.25) is 0 Å². The summed E-state index contributed by atoms with van der Waals surface area (Å²) in [6.07, 6.45) is 3.08. The van der Waals surface area contributed by atoms with Gasteiger partial charge in [0.2, 0.25) is 0 Å². The number of aromatic nitrogens is 4. The highest BCUT2D eigenvalue weighted by Gasteiger charge is 2.24. The molecule has 0 atom stereocenters. The number of fused-ring (bicyclic) bond motifs is 2. The summed E-state index contributed by atoms with van der Waals surface area (Å²) in [5.74, 6) is 0.706. The lowest BCUT2D eigenvalue weighted by atomic mass is 10.0. The summed E-state index contributed by atoms with van der Waals surface area (Å²) in [6, 6.07) is 7.88. The molecule has 4 heterocycles. The molecule has 5 rings (SSSR count). The molecule has 2 aliphatic rings. The summed E-state index contributed by atoms with van der Waals surface area (Å²) in [5.41, 5.74) is 2.95. The van der Waals surface area contributed by atoms with Gasteiger partial charge < -0.3 is 14.7 Å². The lowest BCUT2D eigenvalue weighted by molar-refractivity contribution is -0.120. The van der Waals surface area contributed by atoms with E-state index in [1.807, 2.05) is 28.8 Å². The Labute approximate surface area is 184 Å². The molecule has 0 amide bonds. The SMILES string of the molecule is O=C(CCc1nc2c(c(=O)[nH]1)COCC2)CN1CCC(n2c(=O)[nH]c3ccccc32)CC1. The quantitative estimate of drug-likeness (QED) is 0.602. The molecule has 1 aromatic carbocycles. The van der Waals surface area contributed by atoms with Crippen molar-refractivity contribution in [3.63, 3.8) is 0 Å². The molecule has 0 unspecified atom stereocenters. The van der Waals surface area contributed by atoms with Crippen LogP contribution in [-0.4, -0.2) is 56.4 Å². The van der Waals surface area contributed by atoms with Gasteiger partial charge in [-0.05, 0) is 25.0 Å². The first-order chi connectivity index (χ1) is 15.6. The molecular weight excluding hydrogens is 410 g/mol. The van der Waals surface area contributed by atoms with Crippen LogP contribution >= 0.6 is 0 Å². The highest BCUT2D eigenvalue weighted by atomic mass is 16.5. The van der Waals surface area contributed by atoms with Gasteiger partial charge in [0.15, 0.2) is 0 Å². The number of benzene rings is 1. The molecule has 3 aromatic rings. The first-order valence-corrected chi connectivity index (χ1v) is 11.2. The minimum Gasteiger partial charge on any atom is -0.376 e. The van der Waals surface area contributed by atoms with Crippen molar-refractivity contribution < 1.29 is 9.53 Å². The van der Waals surface area contributed by atoms with Gasteiger partial charge in [-0.1, -0.05) is 12.1 Å². The Kier molecular flexibility index (Phi) is 5.75. The molecular formula is C23H27N5O4. The van der Waals surface area contributed by atoms with Crippen LogP contribution < -0.4 is 11.2 Å². The monoisotopic (exact) mass is 437 g/mol. The summed E-state index contributed by atoms with van der Waals surface area (Å²) in [7, 11) is 0. The van der Waals surface area contributed by atoms with Crippen LogP contribution in [0, 0.1) is 0 Å². The van der Waals surface area contributed by atoms with Crippen LogP contribution in [0.25, 0.3) is 11.0 Å². The predicted molar refractivity (Wildman–Crippen MR) is 119 cm³/mol. The zero-order valence-corrected chi connectivity index (χ0v) is 17.9. The summed E-state index contributed by atoms with van der Waals surface area (Å²) < 4.78 is 7.18. The average molecular weight is 438 g/mol. The van der Waals surface area contributed by atoms with E-state index >= 15 is 0 Å². The van der Waals surface area contributed by atoms with Crippen LogP contribution in [0.4, 0.5) is 0 Å². The fraction of sp³-hybridized carbons (Fsp3) is 0.478. The molecule has 9 heteroatoms. The molecule has 9 nitrogen and oxygen atoms in total. The van der Waals surface area contributed by atoms with Crippen LogP contribution in [0.3, 0.4) is 0 Å². The van der Waals surface area contributed by atoms with Crippen molar-refractivity contribution in [3.8, 4) is 0 Å². The number of piperidine rings is 1. The Balaban J connectivity index is 1.15. The number of aryl methyl sites for hydroxylation is 1. The molecule has 2 N–H and O–H groups in total. The summed E-state index contributed by atoms with van der Waals surface area (Å²) in [6.45, 7) is 2.81. The van der Waals surface area contributed by atoms with E-state index < -0.39 is 0 Å². The zero-order valence-electron chi connectivity index (χ0n) is 17.9. The number of para-hydroxylation sites is 2. The van der Waals surface area contributed by atoms with Crippen molar-refractivity contribution in [3.05, 3.63) is 62.2 Å². The fourth-order valence-corrected chi connectivity index (χ4v) is 4.77. The predicted octanol–water partition coefficient (Wildman–Crippen LogP) is 1.32. The number of nitrogens with zero attached hydrogens (tertiary/aromatic N) is 3. The third-order valence-corrected chi connectivity index (χ3v) is 6.47. The number of Topliss-reactive ketones (excluding diaryl/α,β-unsaturated/α-hetero) is 1. The average Bonchev–Trinajstić information content (AvgIpc) is 3.14. The number of likely N-dealkylation sites (tertiary alicyclic amines) is 1. The number of nitrogens with one attached hydrogen (secondary N) is 2. The maximum Gasteiger partial charge on any atom is 0.326 e. The maximum atomic E-state index is 12.6. The largest absolute Gasteiger partial charge is 0.376 e. The topological polar surface area (TPSA) is 113 Å². The lowest BCUT2D eigenvalue weighted by Gasteiger charge is -2.32. The number of carbonyl (C=O) groups excluding carboxylic acids is 1. The first-order valence-electron chi connectivity index (χ1n) is 11.2. The number of rotatable bonds is 6. The van der Waals surface area contributed by atoms with E-state index in [-0.39, 0.29) is 23.1 Å². The number of carbonyl (C=O) groups is 1. The second-order valence-electron chi connectivity index (χ2n) is 8.60. The number of imidazole rings is 1. The van der Waals surface area contributed by atoms with Crippen molar-refractivity contribution in [2.75, 3.05) is 26.2 Å². The molecule has 0 saturated carbocycles. The van der Waals surface area contributed by atoms with E-state index in [1.54, 1.807) is 0 Å². The van der Waals surface area contributed by atoms with Crippen LogP contribution in [0.5, 0.6) is 0 Å². The maximum absolute atomic E-state index is 12.6. The van der Waals surface area contributed by atoms with Crippen molar-refractivity contribution in [2.24, 2.45) is 0 Å². The van der Waals surface area contributed by atoms with E-state index in [4.69, 9.17) is 4.74 Å². The van der Waals surface area contributed by atoms with Gasteiger partial charge in [0.05, 0.1) is 42.0 Å². The number of ketones is 1. The van der Waals surface area contributed by atoms with Gasteiger partial charge in [-0.3, -0.25) is 19.1 Å². The minimum absolute atomic E-state index is 0.0705. The van der Waals surface area contributed by atoms with Gasteiger partial charge >= 0.3 is 5.69 Å². The van der Waals surface area contributed by atoms with Crippen molar-refractivity contribution in [1.29, 1.82) is 0 Å². The van der Waals surface area contributed by atoms with E-state index in [0.717, 1.165) is 42.7 Å². The number of aromatic amines is 2. The van der Waals surface area contributed by atoms with Gasteiger partial charge in [0, 0.05) is 38.4 Å². The highest BCUT2D eigenvalue weighted by molar-refractivity contribution is 5.80. The second kappa shape index (κ2) is 8.84. The van der Waals surface area contributed by atoms with Crippen LogP contribution in [-0.2, 0) is 29.0 Å². The Bertz CT molecular complexity index is 1250. The molecule has 2 aliphatic heterocycles. The Morgan fingerprint density at radius 2 is 1.97 bits per heavy atom. The molecule has 1 saturated heterocycles. The molecule has 0 bridgehead atoms. The van der Waals surface area contributed by atoms with Gasteiger partial charge in [0.1, 0.15) is 11.6 Å². The van der Waals surface area contributed by atoms with E-state index in [2.05, 4.69) is 19.9 Å². The zero-order chi connectivity index (χ0) is 22.1. The molecule has 32 heavy (non-hydrogen) atoms. The molecule has 0 aliphatic carbocycles. The Morgan fingerprint density at radius 3 is 2.81 bits per heavy atom. The molecule has 0 radical (unpaired) electrons. The third kappa shape index (κ3) is 4.18. The fourth-order valence-electron chi connectivity index (χ4n) is 4.77. The van der Waals surface area contributed by atoms with Gasteiger partial charge in [-0.2, -0.15) is 0 Å². The summed E-state index contributed by atoms with van der Waals surface area (Å²) >= 11 is 0. The van der Waals surface area contributed by atoms with Crippen molar-refractivity contribution in [2.45, 2.75) is 44.8 Å². The second-order valence-corrected chi connectivity index (χ2v) is 8.60. The standard InChI is InChI=1S/C23H27N5O4/c29-16(5-6-21-24-18-9-12-32-14-17(18)22(30)26-21)13-27-10-7-15(8-11-27)28-20-4-2-1-3-19(20)25-23(28)31/h1-4,15H,5-14H2,(H,25,31)(H,24,26,30). The summed E-state index contributed by atoms with van der Waals surface area (Å²) in [4.78, 5) is 49.6. The number of ether oxygens (including phenoxy) is 1. The van der Waals surface area contributed by atoms with E-state index in [1.165, 1.54) is 0 Å². The van der Waals surface area contributed by atoms with E-state index in [9.17, 15) is 14.4 Å². The number of hydrogen-bond acceptors (Lipinski definition) is 6. The summed E-state index contributed by atoms with van der Waals surface area (Å²) in [5, 5.41) is 0. The molecule has 1 fully saturated rings. The van der Waals surface area contributed by atoms with Gasteiger partial charge in [-0.25, -0.2) is 9.78 Å². The van der Waals surface area contributed by atoms with Crippen LogP contribution in [0.15, 0.2) is 33.9 Å². The number of hydrogen-bond donors (Lipinski definition) is 2. The van der Waals surface area contributed by atoms with Crippen molar-refractivity contribution in [1.82, 2.24) is 24.4 Å². The minimum atomic E-state index is -0.160. The van der Waals surface area contributed by atoms with E-state index in [0.29, 0.717) is 50.4 Å². The smallest absolute Gasteiger partial charge is 0.326 e.